The minimum atomic E-state index is -2.54. The minimum absolute atomic E-state index is 0.116. The van der Waals surface area contributed by atoms with Crippen molar-refractivity contribution in [3.05, 3.63) is 112 Å². The van der Waals surface area contributed by atoms with Gasteiger partial charge in [-0.3, -0.25) is 10.1 Å². The first kappa shape index (κ1) is 20.7. The van der Waals surface area contributed by atoms with E-state index in [1.165, 1.54) is 0 Å². The highest BCUT2D eigenvalue weighted by Gasteiger charge is 2.43. The SMILES string of the molecule is C[Si](C)(C(=O)[C@H](c1ccccc1)[C@@H](C[N+](=O)[O-])c1ccccc1)c1ccccc1. The van der Waals surface area contributed by atoms with Gasteiger partial charge in [0, 0.05) is 4.92 Å². The second-order valence-corrected chi connectivity index (χ2v) is 12.1. The molecule has 5 heteroatoms. The van der Waals surface area contributed by atoms with Crippen LogP contribution in [0.25, 0.3) is 0 Å². The van der Waals surface area contributed by atoms with Gasteiger partial charge in [-0.15, -0.1) is 0 Å². The van der Waals surface area contributed by atoms with Crippen molar-refractivity contribution >= 4 is 18.7 Å². The van der Waals surface area contributed by atoms with E-state index in [0.717, 1.165) is 16.3 Å². The minimum Gasteiger partial charge on any atom is -0.304 e. The number of carbonyl (C=O) groups is 1. The summed E-state index contributed by atoms with van der Waals surface area (Å²) in [5.74, 6) is -1.08. The summed E-state index contributed by atoms with van der Waals surface area (Å²) in [5, 5.41) is 12.7. The van der Waals surface area contributed by atoms with Crippen molar-refractivity contribution < 1.29 is 9.72 Å². The van der Waals surface area contributed by atoms with Crippen molar-refractivity contribution in [2.24, 2.45) is 0 Å². The highest BCUT2D eigenvalue weighted by Crippen LogP contribution is 2.36. The van der Waals surface area contributed by atoms with Gasteiger partial charge in [-0.25, -0.2) is 0 Å². The average molecular weight is 404 g/mol. The van der Waals surface area contributed by atoms with Gasteiger partial charge in [0.15, 0.2) is 8.07 Å². The lowest BCUT2D eigenvalue weighted by Gasteiger charge is -2.31. The Kier molecular flexibility index (Phi) is 6.39. The molecule has 0 radical (unpaired) electrons. The quantitative estimate of drug-likeness (QED) is 0.315. The third-order valence-electron chi connectivity index (χ3n) is 5.53. The molecule has 0 aliphatic carbocycles. The Bertz CT molecular complexity index is 959. The van der Waals surface area contributed by atoms with Gasteiger partial charge in [-0.05, 0) is 11.1 Å². The molecule has 0 aromatic heterocycles. The van der Waals surface area contributed by atoms with Gasteiger partial charge >= 0.3 is 0 Å². The molecule has 0 fully saturated rings. The fourth-order valence-electron chi connectivity index (χ4n) is 3.88. The van der Waals surface area contributed by atoms with Crippen LogP contribution < -0.4 is 5.19 Å². The van der Waals surface area contributed by atoms with Gasteiger partial charge in [0.05, 0.1) is 11.8 Å². The summed E-state index contributed by atoms with van der Waals surface area (Å²) in [7, 11) is -2.54. The third-order valence-corrected chi connectivity index (χ3v) is 8.85. The number of carbonyl (C=O) groups excluding carboxylic acids is 1. The van der Waals surface area contributed by atoms with Crippen molar-refractivity contribution in [3.8, 4) is 0 Å². The number of nitro groups is 1. The van der Waals surface area contributed by atoms with Crippen LogP contribution in [0.3, 0.4) is 0 Å². The molecule has 3 rings (SSSR count). The van der Waals surface area contributed by atoms with Crippen molar-refractivity contribution in [1.29, 1.82) is 0 Å². The lowest BCUT2D eigenvalue weighted by molar-refractivity contribution is -0.483. The van der Waals surface area contributed by atoms with Gasteiger partial charge in [-0.1, -0.05) is 109 Å². The molecule has 0 bridgehead atoms. The Morgan fingerprint density at radius 1 is 0.828 bits per heavy atom. The first-order chi connectivity index (χ1) is 13.9. The van der Waals surface area contributed by atoms with Crippen LogP contribution in [0.15, 0.2) is 91.0 Å². The van der Waals surface area contributed by atoms with E-state index < -0.39 is 19.9 Å². The zero-order valence-electron chi connectivity index (χ0n) is 16.7. The lowest BCUT2D eigenvalue weighted by atomic mass is 9.82. The monoisotopic (exact) mass is 403 g/mol. The van der Waals surface area contributed by atoms with E-state index in [-0.39, 0.29) is 16.9 Å². The second-order valence-electron chi connectivity index (χ2n) is 7.78. The van der Waals surface area contributed by atoms with E-state index in [2.05, 4.69) is 0 Å². The summed E-state index contributed by atoms with van der Waals surface area (Å²) in [4.78, 5) is 25.3. The molecule has 29 heavy (non-hydrogen) atoms. The number of hydrogen-bond donors (Lipinski definition) is 0. The third kappa shape index (κ3) is 4.69. The van der Waals surface area contributed by atoms with Crippen LogP contribution in [-0.2, 0) is 4.79 Å². The van der Waals surface area contributed by atoms with Gasteiger partial charge < -0.3 is 4.79 Å². The maximum atomic E-state index is 14.0. The fourth-order valence-corrected chi connectivity index (χ4v) is 6.33. The molecule has 4 nitrogen and oxygen atoms in total. The Morgan fingerprint density at radius 3 is 1.76 bits per heavy atom. The first-order valence-corrected chi connectivity index (χ1v) is 12.7. The topological polar surface area (TPSA) is 60.2 Å². The smallest absolute Gasteiger partial charge is 0.211 e. The summed E-state index contributed by atoms with van der Waals surface area (Å²) in [6, 6.07) is 28.7. The normalized spacial score (nSPS) is 13.4. The summed E-state index contributed by atoms with van der Waals surface area (Å²) in [6.07, 6.45) is 0. The van der Waals surface area contributed by atoms with E-state index in [1.807, 2.05) is 104 Å². The maximum absolute atomic E-state index is 14.0. The Morgan fingerprint density at radius 2 is 1.28 bits per heavy atom. The zero-order valence-corrected chi connectivity index (χ0v) is 17.7. The molecule has 0 spiro atoms. The summed E-state index contributed by atoms with van der Waals surface area (Å²) in [5.41, 5.74) is 1.66. The molecule has 0 saturated carbocycles. The van der Waals surface area contributed by atoms with Crippen LogP contribution in [0.1, 0.15) is 23.0 Å². The van der Waals surface area contributed by atoms with E-state index in [4.69, 9.17) is 0 Å². The average Bonchev–Trinajstić information content (AvgIpc) is 2.75. The summed E-state index contributed by atoms with van der Waals surface area (Å²) in [6.45, 7) is 3.79. The molecule has 0 amide bonds. The summed E-state index contributed by atoms with van der Waals surface area (Å²) < 4.78 is 0. The van der Waals surface area contributed by atoms with Crippen molar-refractivity contribution in [1.82, 2.24) is 0 Å². The molecule has 3 aromatic rings. The number of hydrogen-bond acceptors (Lipinski definition) is 3. The number of nitrogens with zero attached hydrogens (tertiary/aromatic N) is 1. The molecule has 3 aromatic carbocycles. The molecule has 0 unspecified atom stereocenters. The van der Waals surface area contributed by atoms with E-state index in [1.54, 1.807) is 0 Å². The summed E-state index contributed by atoms with van der Waals surface area (Å²) >= 11 is 0. The molecule has 0 saturated heterocycles. The van der Waals surface area contributed by atoms with E-state index in [9.17, 15) is 14.9 Å². The molecular formula is C24H25NO3Si. The van der Waals surface area contributed by atoms with Crippen LogP contribution in [0.4, 0.5) is 0 Å². The Labute approximate surface area is 172 Å². The fraction of sp³-hybridized carbons (Fsp3) is 0.208. The molecule has 148 valence electrons. The van der Waals surface area contributed by atoms with E-state index >= 15 is 0 Å². The predicted molar refractivity (Wildman–Crippen MR) is 119 cm³/mol. The standard InChI is InChI=1S/C24H25NO3Si/c1-29(2,21-16-10-5-11-17-21)24(26)23(20-14-8-4-9-15-20)22(18-25(27)28)19-12-6-3-7-13-19/h3-17,22-23H,18H2,1-2H3/t22-,23+/m0/s1. The molecule has 2 atom stereocenters. The van der Waals surface area contributed by atoms with Crippen LogP contribution in [0.2, 0.25) is 13.1 Å². The van der Waals surface area contributed by atoms with Gasteiger partial charge in [0.1, 0.15) is 5.41 Å². The molecule has 0 aliphatic rings. The second kappa shape index (κ2) is 8.96. The highest BCUT2D eigenvalue weighted by molar-refractivity contribution is 7.13. The van der Waals surface area contributed by atoms with Crippen molar-refractivity contribution in [3.63, 3.8) is 0 Å². The van der Waals surface area contributed by atoms with Crippen molar-refractivity contribution in [2.75, 3.05) is 6.54 Å². The number of rotatable bonds is 8. The van der Waals surface area contributed by atoms with Crippen LogP contribution in [0.5, 0.6) is 0 Å². The van der Waals surface area contributed by atoms with Crippen LogP contribution in [-0.4, -0.2) is 24.9 Å². The van der Waals surface area contributed by atoms with Crippen LogP contribution in [0, 0.1) is 10.1 Å². The zero-order chi connectivity index (χ0) is 20.9. The molecular weight excluding hydrogens is 378 g/mol. The first-order valence-electron chi connectivity index (χ1n) is 9.73. The maximum Gasteiger partial charge on any atom is 0.211 e. The lowest BCUT2D eigenvalue weighted by Crippen LogP contribution is -2.53. The Hall–Kier alpha value is -3.05. The van der Waals surface area contributed by atoms with E-state index in [0.29, 0.717) is 0 Å². The predicted octanol–water partition coefficient (Wildman–Crippen LogP) is 4.55. The number of benzene rings is 3. The van der Waals surface area contributed by atoms with Crippen molar-refractivity contribution in [2.45, 2.75) is 24.9 Å². The van der Waals surface area contributed by atoms with Crippen LogP contribution >= 0.6 is 0 Å². The van der Waals surface area contributed by atoms with Gasteiger partial charge in [0.2, 0.25) is 6.54 Å². The largest absolute Gasteiger partial charge is 0.304 e. The highest BCUT2D eigenvalue weighted by atomic mass is 28.3. The molecule has 0 aliphatic heterocycles. The molecule has 0 N–H and O–H groups in total. The molecule has 0 heterocycles. The van der Waals surface area contributed by atoms with Gasteiger partial charge in [-0.2, -0.15) is 0 Å². The Balaban J connectivity index is 2.13. The van der Waals surface area contributed by atoms with Gasteiger partial charge in [0.25, 0.3) is 0 Å².